The molecule has 0 aliphatic rings. The van der Waals surface area contributed by atoms with Crippen molar-refractivity contribution in [2.24, 2.45) is 0 Å². The SMILES string of the molecule is CCCc1noc(Cn2nnc(N)c2C(C)(C)C)n1. The summed E-state index contributed by atoms with van der Waals surface area (Å²) in [6, 6.07) is 0. The maximum absolute atomic E-state index is 5.87. The van der Waals surface area contributed by atoms with Gasteiger partial charge in [-0.05, 0) is 6.42 Å². The average Bonchev–Trinajstić information content (AvgIpc) is 2.86. The molecule has 0 aliphatic carbocycles. The molecule has 0 spiro atoms. The van der Waals surface area contributed by atoms with E-state index in [9.17, 15) is 0 Å². The van der Waals surface area contributed by atoms with E-state index in [1.54, 1.807) is 4.68 Å². The number of aryl methyl sites for hydroxylation is 1. The lowest BCUT2D eigenvalue weighted by Gasteiger charge is -2.19. The highest BCUT2D eigenvalue weighted by atomic mass is 16.5. The first-order valence-corrected chi connectivity index (χ1v) is 6.42. The van der Waals surface area contributed by atoms with E-state index in [4.69, 9.17) is 10.3 Å². The number of rotatable bonds is 4. The number of nitrogens with zero attached hydrogens (tertiary/aromatic N) is 5. The first-order valence-electron chi connectivity index (χ1n) is 6.42. The molecule has 0 saturated heterocycles. The van der Waals surface area contributed by atoms with E-state index in [2.05, 4.69) is 48.1 Å². The molecule has 2 heterocycles. The van der Waals surface area contributed by atoms with Gasteiger partial charge in [0.15, 0.2) is 11.6 Å². The highest BCUT2D eigenvalue weighted by molar-refractivity contribution is 5.38. The molecule has 2 rings (SSSR count). The third-order valence-corrected chi connectivity index (χ3v) is 2.74. The number of aromatic nitrogens is 5. The molecule has 0 amide bonds. The van der Waals surface area contributed by atoms with Crippen LogP contribution in [0.15, 0.2) is 4.52 Å². The van der Waals surface area contributed by atoms with E-state index in [0.29, 0.717) is 18.3 Å². The Morgan fingerprint density at radius 3 is 2.68 bits per heavy atom. The molecule has 2 aromatic heterocycles. The monoisotopic (exact) mass is 264 g/mol. The van der Waals surface area contributed by atoms with Gasteiger partial charge >= 0.3 is 0 Å². The van der Waals surface area contributed by atoms with Gasteiger partial charge in [-0.1, -0.05) is 38.1 Å². The van der Waals surface area contributed by atoms with Crippen LogP contribution in [0.4, 0.5) is 5.82 Å². The zero-order chi connectivity index (χ0) is 14.0. The molecule has 0 aromatic carbocycles. The van der Waals surface area contributed by atoms with Crippen molar-refractivity contribution in [3.63, 3.8) is 0 Å². The molecular formula is C12H20N6O. The van der Waals surface area contributed by atoms with Crippen LogP contribution < -0.4 is 5.73 Å². The van der Waals surface area contributed by atoms with Crippen molar-refractivity contribution in [1.29, 1.82) is 0 Å². The Balaban J connectivity index is 2.23. The zero-order valence-corrected chi connectivity index (χ0v) is 11.8. The van der Waals surface area contributed by atoms with E-state index < -0.39 is 0 Å². The summed E-state index contributed by atoms with van der Waals surface area (Å²) >= 11 is 0. The van der Waals surface area contributed by atoms with Crippen LogP contribution in [0.3, 0.4) is 0 Å². The minimum atomic E-state index is -0.139. The smallest absolute Gasteiger partial charge is 0.248 e. The number of hydrogen-bond donors (Lipinski definition) is 1. The van der Waals surface area contributed by atoms with E-state index >= 15 is 0 Å². The topological polar surface area (TPSA) is 95.7 Å². The van der Waals surface area contributed by atoms with Crippen LogP contribution >= 0.6 is 0 Å². The zero-order valence-electron chi connectivity index (χ0n) is 11.8. The van der Waals surface area contributed by atoms with Gasteiger partial charge in [-0.2, -0.15) is 4.98 Å². The molecule has 0 unspecified atom stereocenters. The summed E-state index contributed by atoms with van der Waals surface area (Å²) in [6.07, 6.45) is 1.80. The van der Waals surface area contributed by atoms with Crippen LogP contribution in [-0.2, 0) is 18.4 Å². The molecule has 2 aromatic rings. The maximum Gasteiger partial charge on any atom is 0.248 e. The van der Waals surface area contributed by atoms with Crippen molar-refractivity contribution >= 4 is 5.82 Å². The fourth-order valence-electron chi connectivity index (χ4n) is 2.02. The van der Waals surface area contributed by atoms with Crippen LogP contribution in [0.2, 0.25) is 0 Å². The van der Waals surface area contributed by atoms with Crippen molar-refractivity contribution < 1.29 is 4.52 Å². The van der Waals surface area contributed by atoms with Crippen LogP contribution in [0.25, 0.3) is 0 Å². The average molecular weight is 264 g/mol. The Morgan fingerprint density at radius 2 is 2.05 bits per heavy atom. The summed E-state index contributed by atoms with van der Waals surface area (Å²) in [7, 11) is 0. The molecule has 0 atom stereocenters. The van der Waals surface area contributed by atoms with E-state index in [-0.39, 0.29) is 5.41 Å². The quantitative estimate of drug-likeness (QED) is 0.899. The second-order valence-corrected chi connectivity index (χ2v) is 5.59. The lowest BCUT2D eigenvalue weighted by molar-refractivity contribution is 0.353. The minimum Gasteiger partial charge on any atom is -0.381 e. The molecule has 104 valence electrons. The molecule has 0 fully saturated rings. The van der Waals surface area contributed by atoms with E-state index in [0.717, 1.165) is 24.4 Å². The number of nitrogen functional groups attached to an aromatic ring is 1. The standard InChI is InChI=1S/C12H20N6O/c1-5-6-8-14-9(19-16-8)7-18-10(12(2,3)4)11(13)15-17-18/h5-7,13H2,1-4H3. The molecule has 2 N–H and O–H groups in total. The van der Waals surface area contributed by atoms with Gasteiger partial charge in [-0.3, -0.25) is 0 Å². The predicted octanol–water partition coefficient (Wildman–Crippen LogP) is 1.54. The molecule has 7 heteroatoms. The molecule has 0 saturated carbocycles. The second-order valence-electron chi connectivity index (χ2n) is 5.59. The lowest BCUT2D eigenvalue weighted by atomic mass is 9.92. The number of hydrogen-bond acceptors (Lipinski definition) is 6. The van der Waals surface area contributed by atoms with Gasteiger partial charge in [0.2, 0.25) is 5.89 Å². The summed E-state index contributed by atoms with van der Waals surface area (Å²) in [4.78, 5) is 4.32. The summed E-state index contributed by atoms with van der Waals surface area (Å²) in [5.74, 6) is 1.70. The molecule has 19 heavy (non-hydrogen) atoms. The Kier molecular flexibility index (Phi) is 3.55. The number of anilines is 1. The Hall–Kier alpha value is -1.92. The van der Waals surface area contributed by atoms with Gasteiger partial charge < -0.3 is 10.3 Å². The van der Waals surface area contributed by atoms with Crippen LogP contribution in [0.5, 0.6) is 0 Å². The second kappa shape index (κ2) is 4.99. The van der Waals surface area contributed by atoms with E-state index in [1.165, 1.54) is 0 Å². The third-order valence-electron chi connectivity index (χ3n) is 2.74. The lowest BCUT2D eigenvalue weighted by Crippen LogP contribution is -2.20. The Bertz CT molecular complexity index is 551. The van der Waals surface area contributed by atoms with Gasteiger partial charge in [0.25, 0.3) is 0 Å². The Morgan fingerprint density at radius 1 is 1.32 bits per heavy atom. The maximum atomic E-state index is 5.87. The first kappa shape index (κ1) is 13.5. The Labute approximate surface area is 112 Å². The third kappa shape index (κ3) is 2.91. The van der Waals surface area contributed by atoms with Crippen LogP contribution in [0, 0.1) is 0 Å². The first-order chi connectivity index (χ1) is 8.91. The van der Waals surface area contributed by atoms with Crippen molar-refractivity contribution in [3.05, 3.63) is 17.4 Å². The summed E-state index contributed by atoms with van der Waals surface area (Å²) in [5.41, 5.74) is 6.61. The normalized spacial score (nSPS) is 12.0. The van der Waals surface area contributed by atoms with Crippen molar-refractivity contribution in [2.45, 2.75) is 52.5 Å². The molecule has 0 radical (unpaired) electrons. The van der Waals surface area contributed by atoms with Crippen molar-refractivity contribution in [3.8, 4) is 0 Å². The van der Waals surface area contributed by atoms with Crippen molar-refractivity contribution in [1.82, 2.24) is 25.1 Å². The van der Waals surface area contributed by atoms with Gasteiger partial charge in [0.1, 0.15) is 6.54 Å². The summed E-state index contributed by atoms with van der Waals surface area (Å²) < 4.78 is 6.93. The molecule has 0 bridgehead atoms. The van der Waals surface area contributed by atoms with Crippen molar-refractivity contribution in [2.75, 3.05) is 5.73 Å². The van der Waals surface area contributed by atoms with Gasteiger partial charge in [-0.15, -0.1) is 5.10 Å². The summed E-state index contributed by atoms with van der Waals surface area (Å²) in [5, 5.41) is 11.9. The highest BCUT2D eigenvalue weighted by Gasteiger charge is 2.25. The molecule has 7 nitrogen and oxygen atoms in total. The minimum absolute atomic E-state index is 0.139. The van der Waals surface area contributed by atoms with Gasteiger partial charge in [0, 0.05) is 11.8 Å². The van der Waals surface area contributed by atoms with Gasteiger partial charge in [0.05, 0.1) is 5.69 Å². The van der Waals surface area contributed by atoms with Crippen LogP contribution in [0.1, 0.15) is 51.5 Å². The highest BCUT2D eigenvalue weighted by Crippen LogP contribution is 2.26. The van der Waals surface area contributed by atoms with Crippen LogP contribution in [-0.4, -0.2) is 25.1 Å². The largest absolute Gasteiger partial charge is 0.381 e. The number of nitrogens with two attached hydrogens (primary N) is 1. The molecular weight excluding hydrogens is 244 g/mol. The molecule has 0 aliphatic heterocycles. The van der Waals surface area contributed by atoms with E-state index in [1.807, 2.05) is 0 Å². The predicted molar refractivity (Wildman–Crippen MR) is 70.5 cm³/mol. The fourth-order valence-corrected chi connectivity index (χ4v) is 2.02. The van der Waals surface area contributed by atoms with Gasteiger partial charge in [-0.25, -0.2) is 4.68 Å². The fraction of sp³-hybridized carbons (Fsp3) is 0.667. The summed E-state index contributed by atoms with van der Waals surface area (Å²) in [6.45, 7) is 8.66.